The second-order valence-electron chi connectivity index (χ2n) is 4.89. The lowest BCUT2D eigenvalue weighted by Gasteiger charge is -2.34. The Morgan fingerprint density at radius 2 is 1.93 bits per heavy atom. The van der Waals surface area contributed by atoms with Crippen LogP contribution in [0.2, 0.25) is 0 Å². The predicted octanol–water partition coefficient (Wildman–Crippen LogP) is 2.51. The standard InChI is InChI=1S/C12H22ClNO/c13-9-11-4-6-14(7-5-11)10-12-3-1-2-8-15-12/h11-12H,1-10H2. The maximum atomic E-state index is 5.88. The molecule has 0 saturated carbocycles. The average Bonchev–Trinajstić information content (AvgIpc) is 2.31. The zero-order valence-electron chi connectivity index (χ0n) is 9.46. The van der Waals surface area contributed by atoms with Crippen molar-refractivity contribution in [3.8, 4) is 0 Å². The first-order valence-corrected chi connectivity index (χ1v) is 6.82. The number of ether oxygens (including phenoxy) is 1. The van der Waals surface area contributed by atoms with Crippen LogP contribution < -0.4 is 0 Å². The van der Waals surface area contributed by atoms with Crippen LogP contribution in [0.25, 0.3) is 0 Å². The van der Waals surface area contributed by atoms with E-state index in [9.17, 15) is 0 Å². The van der Waals surface area contributed by atoms with Crippen molar-refractivity contribution in [3.63, 3.8) is 0 Å². The van der Waals surface area contributed by atoms with E-state index >= 15 is 0 Å². The molecule has 2 nitrogen and oxygen atoms in total. The molecular weight excluding hydrogens is 210 g/mol. The van der Waals surface area contributed by atoms with E-state index < -0.39 is 0 Å². The van der Waals surface area contributed by atoms with Gasteiger partial charge in [0.05, 0.1) is 6.10 Å². The van der Waals surface area contributed by atoms with Crippen LogP contribution in [0.4, 0.5) is 0 Å². The number of rotatable bonds is 3. The Morgan fingerprint density at radius 3 is 2.53 bits per heavy atom. The maximum absolute atomic E-state index is 5.88. The fourth-order valence-electron chi connectivity index (χ4n) is 2.56. The second kappa shape index (κ2) is 6.07. The van der Waals surface area contributed by atoms with Gasteiger partial charge in [-0.3, -0.25) is 0 Å². The maximum Gasteiger partial charge on any atom is 0.0702 e. The van der Waals surface area contributed by atoms with Gasteiger partial charge in [-0.1, -0.05) is 0 Å². The quantitative estimate of drug-likeness (QED) is 0.693. The van der Waals surface area contributed by atoms with E-state index in [0.717, 1.165) is 24.9 Å². The zero-order valence-corrected chi connectivity index (χ0v) is 10.2. The first kappa shape index (κ1) is 11.7. The molecule has 2 aliphatic rings. The lowest BCUT2D eigenvalue weighted by Crippen LogP contribution is -2.40. The Balaban J connectivity index is 1.67. The average molecular weight is 232 g/mol. The lowest BCUT2D eigenvalue weighted by molar-refractivity contribution is -0.0107. The predicted molar refractivity (Wildman–Crippen MR) is 63.5 cm³/mol. The fourth-order valence-corrected chi connectivity index (χ4v) is 2.87. The summed E-state index contributed by atoms with van der Waals surface area (Å²) in [5.41, 5.74) is 0. The van der Waals surface area contributed by atoms with E-state index in [1.54, 1.807) is 0 Å². The summed E-state index contributed by atoms with van der Waals surface area (Å²) in [7, 11) is 0. The van der Waals surface area contributed by atoms with E-state index in [0.29, 0.717) is 6.10 Å². The van der Waals surface area contributed by atoms with Crippen LogP contribution in [0.5, 0.6) is 0 Å². The van der Waals surface area contributed by atoms with Crippen molar-refractivity contribution < 1.29 is 4.74 Å². The molecule has 88 valence electrons. The number of piperidine rings is 1. The molecule has 2 heterocycles. The number of likely N-dealkylation sites (tertiary alicyclic amines) is 1. The van der Waals surface area contributed by atoms with Gasteiger partial charge in [0, 0.05) is 19.0 Å². The van der Waals surface area contributed by atoms with E-state index in [2.05, 4.69) is 4.90 Å². The van der Waals surface area contributed by atoms with E-state index in [1.165, 1.54) is 45.2 Å². The van der Waals surface area contributed by atoms with E-state index in [4.69, 9.17) is 16.3 Å². The van der Waals surface area contributed by atoms with Gasteiger partial charge in [0.15, 0.2) is 0 Å². The molecule has 3 heteroatoms. The monoisotopic (exact) mass is 231 g/mol. The molecule has 15 heavy (non-hydrogen) atoms. The summed E-state index contributed by atoms with van der Waals surface area (Å²) in [4.78, 5) is 2.55. The highest BCUT2D eigenvalue weighted by molar-refractivity contribution is 6.18. The smallest absolute Gasteiger partial charge is 0.0702 e. The summed E-state index contributed by atoms with van der Waals surface area (Å²) < 4.78 is 5.77. The molecule has 0 aliphatic carbocycles. The van der Waals surface area contributed by atoms with E-state index in [-0.39, 0.29) is 0 Å². The SMILES string of the molecule is ClCC1CCN(CC2CCCCO2)CC1. The minimum absolute atomic E-state index is 0.506. The van der Waals surface area contributed by atoms with Gasteiger partial charge in [-0.25, -0.2) is 0 Å². The van der Waals surface area contributed by atoms with Crippen LogP contribution in [0, 0.1) is 5.92 Å². The molecule has 2 fully saturated rings. The van der Waals surface area contributed by atoms with Crippen LogP contribution in [-0.4, -0.2) is 43.1 Å². The van der Waals surface area contributed by atoms with Crippen LogP contribution in [0.3, 0.4) is 0 Å². The van der Waals surface area contributed by atoms with Gasteiger partial charge in [-0.05, 0) is 51.1 Å². The Morgan fingerprint density at radius 1 is 1.13 bits per heavy atom. The molecule has 0 radical (unpaired) electrons. The summed E-state index contributed by atoms with van der Waals surface area (Å²) in [5.74, 6) is 1.60. The highest BCUT2D eigenvalue weighted by atomic mass is 35.5. The highest BCUT2D eigenvalue weighted by Gasteiger charge is 2.22. The molecule has 0 bridgehead atoms. The number of alkyl halides is 1. The fraction of sp³-hybridized carbons (Fsp3) is 1.00. The Hall–Kier alpha value is 0.210. The summed E-state index contributed by atoms with van der Waals surface area (Å²) in [6.07, 6.45) is 6.92. The highest BCUT2D eigenvalue weighted by Crippen LogP contribution is 2.20. The minimum atomic E-state index is 0.506. The Labute approximate surface area is 97.9 Å². The molecule has 0 aromatic rings. The molecule has 2 rings (SSSR count). The topological polar surface area (TPSA) is 12.5 Å². The first-order chi connectivity index (χ1) is 7.38. The van der Waals surface area contributed by atoms with Crippen molar-refractivity contribution in [3.05, 3.63) is 0 Å². The summed E-state index contributed by atoms with van der Waals surface area (Å²) in [5, 5.41) is 0. The molecular formula is C12H22ClNO. The van der Waals surface area contributed by atoms with Gasteiger partial charge in [-0.2, -0.15) is 0 Å². The van der Waals surface area contributed by atoms with Crippen LogP contribution in [0.1, 0.15) is 32.1 Å². The molecule has 2 aliphatic heterocycles. The lowest BCUT2D eigenvalue weighted by atomic mass is 9.98. The third kappa shape index (κ3) is 3.61. The number of nitrogens with zero attached hydrogens (tertiary/aromatic N) is 1. The minimum Gasteiger partial charge on any atom is -0.377 e. The second-order valence-corrected chi connectivity index (χ2v) is 5.20. The van der Waals surface area contributed by atoms with Crippen molar-refractivity contribution >= 4 is 11.6 Å². The number of hydrogen-bond acceptors (Lipinski definition) is 2. The normalized spacial score (nSPS) is 30.6. The van der Waals surface area contributed by atoms with Crippen LogP contribution in [-0.2, 0) is 4.74 Å². The Kier molecular flexibility index (Phi) is 4.73. The molecule has 0 aromatic heterocycles. The van der Waals surface area contributed by atoms with Gasteiger partial charge in [-0.15, -0.1) is 11.6 Å². The van der Waals surface area contributed by atoms with Crippen molar-refractivity contribution in [1.82, 2.24) is 4.90 Å². The zero-order chi connectivity index (χ0) is 10.5. The van der Waals surface area contributed by atoms with Gasteiger partial charge < -0.3 is 9.64 Å². The van der Waals surface area contributed by atoms with Crippen molar-refractivity contribution in [2.24, 2.45) is 5.92 Å². The molecule has 0 N–H and O–H groups in total. The molecule has 1 unspecified atom stereocenters. The molecule has 0 amide bonds. The van der Waals surface area contributed by atoms with Crippen LogP contribution >= 0.6 is 11.6 Å². The van der Waals surface area contributed by atoms with Crippen molar-refractivity contribution in [2.45, 2.75) is 38.2 Å². The summed E-state index contributed by atoms with van der Waals surface area (Å²) >= 11 is 5.88. The largest absolute Gasteiger partial charge is 0.377 e. The number of halogens is 1. The third-order valence-electron chi connectivity index (χ3n) is 3.66. The van der Waals surface area contributed by atoms with Gasteiger partial charge >= 0.3 is 0 Å². The van der Waals surface area contributed by atoms with Crippen molar-refractivity contribution in [2.75, 3.05) is 32.1 Å². The van der Waals surface area contributed by atoms with Gasteiger partial charge in [0.25, 0.3) is 0 Å². The molecule has 2 saturated heterocycles. The summed E-state index contributed by atoms with van der Waals surface area (Å²) in [6.45, 7) is 4.56. The van der Waals surface area contributed by atoms with Crippen LogP contribution in [0.15, 0.2) is 0 Å². The molecule has 0 aromatic carbocycles. The first-order valence-electron chi connectivity index (χ1n) is 6.28. The molecule has 0 spiro atoms. The van der Waals surface area contributed by atoms with E-state index in [1.807, 2.05) is 0 Å². The number of hydrogen-bond donors (Lipinski definition) is 0. The molecule has 1 atom stereocenters. The Bertz CT molecular complexity index is 174. The third-order valence-corrected chi connectivity index (χ3v) is 4.10. The van der Waals surface area contributed by atoms with Gasteiger partial charge in [0.1, 0.15) is 0 Å². The van der Waals surface area contributed by atoms with Crippen molar-refractivity contribution in [1.29, 1.82) is 0 Å². The summed E-state index contributed by atoms with van der Waals surface area (Å²) in [6, 6.07) is 0. The van der Waals surface area contributed by atoms with Gasteiger partial charge in [0.2, 0.25) is 0 Å².